The highest BCUT2D eigenvalue weighted by Crippen LogP contribution is 2.43. The molecule has 0 fully saturated rings. The lowest BCUT2D eigenvalue weighted by Crippen LogP contribution is -2.47. The molecule has 0 aliphatic heterocycles. The molecule has 468 valence electrons. The average molecular weight is 1140 g/mol. The standard InChI is InChI=1S/C69H135N2O7P/c1-7-10-13-16-19-22-25-27-29-31-33-34-35-36-38-39-41-43-46-49-52-55-58-61-68(72)70-66(65-77-79(74,75)76-64-63-71(4,5)6)67(60-57-54-51-48-45-24-21-18-15-12-9-3)78-69(73)62-59-56-53-50-47-44-42-40-37-32-30-28-26-23-20-17-14-11-8-2/h27,29,57,60,66-67H,7-26,28,30-56,58-59,61-65H2,1-6H3,(H-,70,72,74,75)/p+1/b29-27+,60-57+. The maximum Gasteiger partial charge on any atom is 0.472 e. The van der Waals surface area contributed by atoms with E-state index in [4.69, 9.17) is 13.8 Å². The zero-order valence-electron chi connectivity index (χ0n) is 53.6. The van der Waals surface area contributed by atoms with Crippen LogP contribution in [0.25, 0.3) is 0 Å². The monoisotopic (exact) mass is 1140 g/mol. The Morgan fingerprint density at radius 1 is 0.430 bits per heavy atom. The lowest BCUT2D eigenvalue weighted by Gasteiger charge is -2.27. The zero-order valence-corrected chi connectivity index (χ0v) is 54.5. The molecule has 0 saturated carbocycles. The highest BCUT2D eigenvalue weighted by molar-refractivity contribution is 7.47. The Labute approximate surface area is 492 Å². The predicted molar refractivity (Wildman–Crippen MR) is 342 cm³/mol. The SMILES string of the molecule is CCCCCCCC/C=C/CCCCCCCCCCCCCCCC(=O)NC(COP(=O)(O)OCC[N+](C)(C)C)C(/C=C/CCCCCCCCCCC)OC(=O)CCCCCCCCCCCCCCCCCCCCC. The van der Waals surface area contributed by atoms with Crippen LogP contribution in [0, 0.1) is 0 Å². The van der Waals surface area contributed by atoms with Gasteiger partial charge >= 0.3 is 13.8 Å². The molecule has 0 saturated heterocycles. The number of amides is 1. The molecule has 0 aliphatic rings. The molecule has 0 aromatic rings. The van der Waals surface area contributed by atoms with Crippen molar-refractivity contribution in [1.29, 1.82) is 0 Å². The Bertz CT molecular complexity index is 1400. The van der Waals surface area contributed by atoms with Gasteiger partial charge in [-0.3, -0.25) is 18.6 Å². The van der Waals surface area contributed by atoms with Crippen LogP contribution in [0.4, 0.5) is 0 Å². The van der Waals surface area contributed by atoms with Gasteiger partial charge in [-0.25, -0.2) is 4.57 Å². The third kappa shape index (κ3) is 60.9. The second-order valence-electron chi connectivity index (χ2n) is 25.1. The molecule has 0 heterocycles. The van der Waals surface area contributed by atoms with Crippen molar-refractivity contribution < 1.29 is 37.3 Å². The molecular weight excluding hydrogens is 1000 g/mol. The van der Waals surface area contributed by atoms with E-state index in [1.54, 1.807) is 0 Å². The average Bonchev–Trinajstić information content (AvgIpc) is 3.41. The van der Waals surface area contributed by atoms with Crippen LogP contribution in [-0.4, -0.2) is 74.3 Å². The topological polar surface area (TPSA) is 111 Å². The number of phosphoric acid groups is 1. The summed E-state index contributed by atoms with van der Waals surface area (Å²) in [6.45, 7) is 7.07. The van der Waals surface area contributed by atoms with Crippen molar-refractivity contribution in [3.8, 4) is 0 Å². The Kier molecular flexibility index (Phi) is 58.5. The van der Waals surface area contributed by atoms with Gasteiger partial charge in [0.1, 0.15) is 19.3 Å². The molecule has 0 aliphatic carbocycles. The molecule has 79 heavy (non-hydrogen) atoms. The number of hydrogen-bond donors (Lipinski definition) is 2. The van der Waals surface area contributed by atoms with Crippen LogP contribution in [0.5, 0.6) is 0 Å². The van der Waals surface area contributed by atoms with Gasteiger partial charge in [0.25, 0.3) is 0 Å². The normalized spacial score (nSPS) is 13.7. The number of unbranched alkanes of at least 4 members (excludes halogenated alkanes) is 46. The molecule has 1 amide bonds. The minimum Gasteiger partial charge on any atom is -0.456 e. The van der Waals surface area contributed by atoms with E-state index in [-0.39, 0.29) is 25.1 Å². The van der Waals surface area contributed by atoms with Crippen molar-refractivity contribution in [1.82, 2.24) is 5.32 Å². The summed E-state index contributed by atoms with van der Waals surface area (Å²) in [6.07, 6.45) is 71.9. The summed E-state index contributed by atoms with van der Waals surface area (Å²) in [5.41, 5.74) is 0. The van der Waals surface area contributed by atoms with E-state index in [9.17, 15) is 19.0 Å². The molecule has 3 unspecified atom stereocenters. The van der Waals surface area contributed by atoms with Gasteiger partial charge in [-0.2, -0.15) is 0 Å². The summed E-state index contributed by atoms with van der Waals surface area (Å²) in [4.78, 5) is 37.8. The number of likely N-dealkylation sites (N-methyl/N-ethyl adjacent to an activating group) is 1. The van der Waals surface area contributed by atoms with Gasteiger partial charge in [0.15, 0.2) is 0 Å². The number of carbonyl (C=O) groups excluding carboxylic acids is 2. The number of carbonyl (C=O) groups is 2. The third-order valence-electron chi connectivity index (χ3n) is 15.9. The fraction of sp³-hybridized carbons (Fsp3) is 0.913. The number of phosphoric ester groups is 1. The van der Waals surface area contributed by atoms with Gasteiger partial charge in [-0.15, -0.1) is 0 Å². The molecule has 0 aromatic carbocycles. The number of nitrogens with one attached hydrogen (secondary N) is 1. The highest BCUT2D eigenvalue weighted by atomic mass is 31.2. The summed E-state index contributed by atoms with van der Waals surface area (Å²) >= 11 is 0. The molecule has 0 rings (SSSR count). The van der Waals surface area contributed by atoms with Crippen LogP contribution in [0.15, 0.2) is 24.3 Å². The lowest BCUT2D eigenvalue weighted by molar-refractivity contribution is -0.870. The first-order chi connectivity index (χ1) is 38.4. The van der Waals surface area contributed by atoms with Crippen molar-refractivity contribution in [2.75, 3.05) is 40.9 Å². The third-order valence-corrected chi connectivity index (χ3v) is 16.9. The number of allylic oxidation sites excluding steroid dienone is 3. The Hall–Kier alpha value is -1.51. The van der Waals surface area contributed by atoms with Gasteiger partial charge < -0.3 is 19.4 Å². The van der Waals surface area contributed by atoms with Gasteiger partial charge in [-0.05, 0) is 57.4 Å². The Balaban J connectivity index is 5.03. The molecular formula is C69H136N2O7P+. The minimum atomic E-state index is -4.45. The smallest absolute Gasteiger partial charge is 0.456 e. The number of esters is 1. The molecule has 2 N–H and O–H groups in total. The largest absolute Gasteiger partial charge is 0.472 e. The van der Waals surface area contributed by atoms with E-state index in [2.05, 4.69) is 38.2 Å². The van der Waals surface area contributed by atoms with Crippen LogP contribution in [0.2, 0.25) is 0 Å². The number of ether oxygens (including phenoxy) is 1. The number of quaternary nitrogens is 1. The summed E-state index contributed by atoms with van der Waals surface area (Å²) < 4.78 is 30.8. The van der Waals surface area contributed by atoms with Crippen LogP contribution < -0.4 is 5.32 Å². The van der Waals surface area contributed by atoms with Gasteiger partial charge in [0, 0.05) is 12.8 Å². The summed E-state index contributed by atoms with van der Waals surface area (Å²) in [6, 6.07) is -0.843. The van der Waals surface area contributed by atoms with E-state index in [0.29, 0.717) is 23.9 Å². The summed E-state index contributed by atoms with van der Waals surface area (Å²) in [7, 11) is 1.52. The van der Waals surface area contributed by atoms with E-state index in [0.717, 1.165) is 57.8 Å². The number of hydrogen-bond acceptors (Lipinski definition) is 6. The predicted octanol–water partition coefficient (Wildman–Crippen LogP) is 21.7. The molecule has 0 aromatic heterocycles. The highest BCUT2D eigenvalue weighted by Gasteiger charge is 2.30. The van der Waals surface area contributed by atoms with E-state index in [1.165, 1.54) is 263 Å². The van der Waals surface area contributed by atoms with Gasteiger partial charge in [0.05, 0.1) is 33.8 Å². The quantitative estimate of drug-likeness (QED) is 0.0205. The maximum absolute atomic E-state index is 13.6. The first kappa shape index (κ1) is 77.5. The second-order valence-corrected chi connectivity index (χ2v) is 26.5. The Morgan fingerprint density at radius 3 is 1.08 bits per heavy atom. The first-order valence-corrected chi connectivity index (χ1v) is 36.2. The lowest BCUT2D eigenvalue weighted by atomic mass is 10.0. The van der Waals surface area contributed by atoms with Crippen LogP contribution in [-0.2, 0) is 27.9 Å². The maximum atomic E-state index is 13.6. The molecule has 0 radical (unpaired) electrons. The van der Waals surface area contributed by atoms with Gasteiger partial charge in [0.2, 0.25) is 5.91 Å². The fourth-order valence-corrected chi connectivity index (χ4v) is 11.3. The molecule has 10 heteroatoms. The molecule has 0 bridgehead atoms. The number of rotatable bonds is 64. The number of nitrogens with zero attached hydrogens (tertiary/aromatic N) is 1. The molecule has 3 atom stereocenters. The van der Waals surface area contributed by atoms with E-state index in [1.807, 2.05) is 33.3 Å². The van der Waals surface area contributed by atoms with Crippen LogP contribution in [0.1, 0.15) is 355 Å². The Morgan fingerprint density at radius 2 is 0.734 bits per heavy atom. The van der Waals surface area contributed by atoms with Crippen molar-refractivity contribution in [2.45, 2.75) is 367 Å². The summed E-state index contributed by atoms with van der Waals surface area (Å²) in [5, 5.41) is 3.07. The molecule has 0 spiro atoms. The fourth-order valence-electron chi connectivity index (χ4n) is 10.5. The van der Waals surface area contributed by atoms with Gasteiger partial charge in [-0.1, -0.05) is 309 Å². The first-order valence-electron chi connectivity index (χ1n) is 34.7. The van der Waals surface area contributed by atoms with E-state index < -0.39 is 20.0 Å². The van der Waals surface area contributed by atoms with Crippen molar-refractivity contribution >= 4 is 19.7 Å². The van der Waals surface area contributed by atoms with Crippen molar-refractivity contribution in [2.24, 2.45) is 0 Å². The zero-order chi connectivity index (χ0) is 57.9. The van der Waals surface area contributed by atoms with Crippen LogP contribution >= 0.6 is 7.82 Å². The van der Waals surface area contributed by atoms with E-state index >= 15 is 0 Å². The summed E-state index contributed by atoms with van der Waals surface area (Å²) in [5.74, 6) is -0.484. The second kappa shape index (κ2) is 59.6. The minimum absolute atomic E-state index is 0.0443. The van der Waals surface area contributed by atoms with Crippen LogP contribution in [0.3, 0.4) is 0 Å². The van der Waals surface area contributed by atoms with Crippen molar-refractivity contribution in [3.63, 3.8) is 0 Å². The molecule has 9 nitrogen and oxygen atoms in total. The van der Waals surface area contributed by atoms with Crippen molar-refractivity contribution in [3.05, 3.63) is 24.3 Å².